The SMILES string of the molecule is NS(=O)(=O)c1ccc(-n2nc(CCCNC(O)NC34CC5CC(CC(C5)C3)C4)cc2-c2ccccc2)cc1. The number of aromatic nitrogens is 2. The van der Waals surface area contributed by atoms with Gasteiger partial charge >= 0.3 is 0 Å². The molecule has 2 aromatic carbocycles. The molecule has 4 saturated carbocycles. The van der Waals surface area contributed by atoms with Crippen LogP contribution in [0.15, 0.2) is 65.6 Å². The van der Waals surface area contributed by atoms with Crippen LogP contribution in [0.3, 0.4) is 0 Å². The van der Waals surface area contributed by atoms with E-state index >= 15 is 0 Å². The fourth-order valence-electron chi connectivity index (χ4n) is 7.48. The van der Waals surface area contributed by atoms with E-state index < -0.39 is 16.4 Å². The van der Waals surface area contributed by atoms with E-state index in [1.807, 2.05) is 35.0 Å². The molecule has 4 aliphatic rings. The molecule has 1 heterocycles. The molecule has 4 aliphatic carbocycles. The normalized spacial score (nSPS) is 27.1. The molecule has 4 fully saturated rings. The second kappa shape index (κ2) is 10.2. The zero-order valence-corrected chi connectivity index (χ0v) is 22.4. The van der Waals surface area contributed by atoms with E-state index in [0.717, 1.165) is 53.2 Å². The van der Waals surface area contributed by atoms with Gasteiger partial charge in [-0.1, -0.05) is 30.3 Å². The summed E-state index contributed by atoms with van der Waals surface area (Å²) in [6.07, 6.45) is 8.66. The minimum Gasteiger partial charge on any atom is -0.365 e. The van der Waals surface area contributed by atoms with E-state index in [-0.39, 0.29) is 10.4 Å². The smallest absolute Gasteiger partial charge is 0.238 e. The molecule has 0 aliphatic heterocycles. The number of aliphatic hydroxyl groups is 1. The van der Waals surface area contributed by atoms with E-state index in [1.165, 1.54) is 50.7 Å². The van der Waals surface area contributed by atoms with Crippen molar-refractivity contribution in [3.8, 4) is 16.9 Å². The van der Waals surface area contributed by atoms with Gasteiger partial charge in [0.2, 0.25) is 10.0 Å². The second-order valence-corrected chi connectivity index (χ2v) is 13.2. The Bertz CT molecular complexity index is 1340. The predicted octanol–water partition coefficient (Wildman–Crippen LogP) is 3.54. The van der Waals surface area contributed by atoms with Crippen LogP contribution in [0.4, 0.5) is 0 Å². The Kier molecular flexibility index (Phi) is 6.90. The summed E-state index contributed by atoms with van der Waals surface area (Å²) in [6.45, 7) is 0.678. The number of primary sulfonamides is 1. The van der Waals surface area contributed by atoms with Crippen molar-refractivity contribution in [3.05, 3.63) is 66.4 Å². The Labute approximate surface area is 224 Å². The minimum atomic E-state index is -3.76. The van der Waals surface area contributed by atoms with Crippen molar-refractivity contribution in [3.63, 3.8) is 0 Å². The van der Waals surface area contributed by atoms with Crippen LogP contribution in [0, 0.1) is 17.8 Å². The van der Waals surface area contributed by atoms with Gasteiger partial charge in [-0.05, 0) is 106 Å². The summed E-state index contributed by atoms with van der Waals surface area (Å²) in [5.41, 5.74) is 3.76. The zero-order chi connectivity index (χ0) is 26.3. The molecule has 202 valence electrons. The van der Waals surface area contributed by atoms with Gasteiger partial charge in [0.1, 0.15) is 0 Å². The molecular weight excluding hydrogens is 498 g/mol. The second-order valence-electron chi connectivity index (χ2n) is 11.6. The van der Waals surface area contributed by atoms with Gasteiger partial charge in [0, 0.05) is 11.1 Å². The maximum absolute atomic E-state index is 11.7. The molecule has 4 bridgehead atoms. The van der Waals surface area contributed by atoms with Crippen molar-refractivity contribution in [1.29, 1.82) is 0 Å². The summed E-state index contributed by atoms with van der Waals surface area (Å²) in [4.78, 5) is 0.0710. The van der Waals surface area contributed by atoms with Gasteiger partial charge in [-0.3, -0.25) is 10.6 Å². The first kappa shape index (κ1) is 25.7. The van der Waals surface area contributed by atoms with E-state index in [0.29, 0.717) is 6.54 Å². The number of nitrogens with one attached hydrogen (secondary N) is 2. The summed E-state index contributed by atoms with van der Waals surface area (Å²) in [7, 11) is -3.76. The standard InChI is InChI=1S/C29H37N5O3S/c30-38(36,37)26-10-8-25(9-11-26)34-27(23-5-2-1-3-6-23)16-24(33-34)7-4-12-31-28(35)32-29-17-20-13-21(18-29)15-22(14-20)19-29/h1-3,5-6,8-11,16,20-22,28,31-32,35H,4,7,12-15,17-19H2,(H2,30,36,37). The third-order valence-electron chi connectivity index (χ3n) is 8.67. The molecule has 1 atom stereocenters. The number of sulfonamides is 1. The van der Waals surface area contributed by atoms with Crippen molar-refractivity contribution < 1.29 is 13.5 Å². The Balaban J connectivity index is 1.10. The third kappa shape index (κ3) is 5.44. The average molecular weight is 536 g/mol. The topological polar surface area (TPSA) is 122 Å². The van der Waals surface area contributed by atoms with E-state index in [9.17, 15) is 13.5 Å². The first-order valence-corrected chi connectivity index (χ1v) is 15.3. The lowest BCUT2D eigenvalue weighted by molar-refractivity contribution is -0.0544. The number of nitrogens with two attached hydrogens (primary N) is 1. The Morgan fingerprint density at radius 2 is 1.63 bits per heavy atom. The summed E-state index contributed by atoms with van der Waals surface area (Å²) in [6, 6.07) is 18.5. The van der Waals surface area contributed by atoms with Gasteiger partial charge in [-0.15, -0.1) is 0 Å². The zero-order valence-electron chi connectivity index (χ0n) is 21.6. The lowest BCUT2D eigenvalue weighted by Gasteiger charge is -2.57. The Morgan fingerprint density at radius 1 is 1.00 bits per heavy atom. The Hall–Kier alpha value is -2.56. The first-order valence-electron chi connectivity index (χ1n) is 13.7. The lowest BCUT2D eigenvalue weighted by Crippen LogP contribution is -2.63. The molecule has 5 N–H and O–H groups in total. The molecule has 9 heteroatoms. The molecular formula is C29H37N5O3S. The molecule has 1 aromatic heterocycles. The van der Waals surface area contributed by atoms with Crippen LogP contribution in [0.1, 0.15) is 50.6 Å². The molecule has 0 spiro atoms. The number of aliphatic hydroxyl groups excluding tert-OH is 1. The van der Waals surface area contributed by atoms with Crippen LogP contribution >= 0.6 is 0 Å². The quantitative estimate of drug-likeness (QED) is 0.233. The number of hydrogen-bond acceptors (Lipinski definition) is 6. The largest absolute Gasteiger partial charge is 0.365 e. The van der Waals surface area contributed by atoms with Crippen LogP contribution < -0.4 is 15.8 Å². The Morgan fingerprint density at radius 3 is 2.24 bits per heavy atom. The van der Waals surface area contributed by atoms with Gasteiger partial charge in [0.25, 0.3) is 0 Å². The maximum atomic E-state index is 11.7. The highest BCUT2D eigenvalue weighted by atomic mass is 32.2. The monoisotopic (exact) mass is 535 g/mol. The summed E-state index contributed by atoms with van der Waals surface area (Å²) in [5, 5.41) is 27.7. The highest BCUT2D eigenvalue weighted by Gasteiger charge is 2.51. The molecule has 3 aromatic rings. The third-order valence-corrected chi connectivity index (χ3v) is 9.60. The molecule has 0 radical (unpaired) electrons. The maximum Gasteiger partial charge on any atom is 0.238 e. The van der Waals surface area contributed by atoms with Crippen LogP contribution in [0.5, 0.6) is 0 Å². The summed E-state index contributed by atoms with van der Waals surface area (Å²) < 4.78 is 25.2. The molecule has 0 amide bonds. The average Bonchev–Trinajstić information content (AvgIpc) is 3.30. The number of hydrogen-bond donors (Lipinski definition) is 4. The first-order chi connectivity index (χ1) is 18.3. The van der Waals surface area contributed by atoms with Gasteiger partial charge in [-0.25, -0.2) is 18.2 Å². The number of nitrogens with zero attached hydrogens (tertiary/aromatic N) is 2. The summed E-state index contributed by atoms with van der Waals surface area (Å²) >= 11 is 0. The van der Waals surface area contributed by atoms with Crippen LogP contribution in [0.2, 0.25) is 0 Å². The van der Waals surface area contributed by atoms with Crippen molar-refractivity contribution in [2.45, 2.75) is 68.2 Å². The predicted molar refractivity (Wildman–Crippen MR) is 147 cm³/mol. The van der Waals surface area contributed by atoms with Gasteiger partial charge in [0.05, 0.1) is 22.0 Å². The van der Waals surface area contributed by atoms with Crippen molar-refractivity contribution >= 4 is 10.0 Å². The fourth-order valence-corrected chi connectivity index (χ4v) is 7.99. The highest BCUT2D eigenvalue weighted by Crippen LogP contribution is 2.55. The number of benzene rings is 2. The van der Waals surface area contributed by atoms with Gasteiger partial charge < -0.3 is 5.11 Å². The van der Waals surface area contributed by atoms with Crippen molar-refractivity contribution in [2.24, 2.45) is 22.9 Å². The van der Waals surface area contributed by atoms with Crippen LogP contribution in [-0.2, 0) is 16.4 Å². The fraction of sp³-hybridized carbons (Fsp3) is 0.483. The van der Waals surface area contributed by atoms with E-state index in [4.69, 9.17) is 10.2 Å². The molecule has 0 saturated heterocycles. The lowest BCUT2D eigenvalue weighted by atomic mass is 9.53. The highest BCUT2D eigenvalue weighted by molar-refractivity contribution is 7.89. The minimum absolute atomic E-state index is 0.0710. The molecule has 8 nitrogen and oxygen atoms in total. The van der Waals surface area contributed by atoms with Gasteiger partial charge in [0.15, 0.2) is 6.35 Å². The van der Waals surface area contributed by atoms with E-state index in [2.05, 4.69) is 16.7 Å². The molecule has 7 rings (SSSR count). The van der Waals surface area contributed by atoms with Gasteiger partial charge in [-0.2, -0.15) is 5.10 Å². The number of aryl methyl sites for hydroxylation is 1. The number of rotatable bonds is 10. The van der Waals surface area contributed by atoms with Crippen molar-refractivity contribution in [2.75, 3.05) is 6.54 Å². The summed E-state index contributed by atoms with van der Waals surface area (Å²) in [5.74, 6) is 2.52. The molecule has 1 unspecified atom stereocenters. The van der Waals surface area contributed by atoms with Crippen LogP contribution in [-0.4, -0.2) is 41.7 Å². The van der Waals surface area contributed by atoms with Crippen LogP contribution in [0.25, 0.3) is 16.9 Å². The van der Waals surface area contributed by atoms with E-state index in [1.54, 1.807) is 12.1 Å². The van der Waals surface area contributed by atoms with Crippen molar-refractivity contribution in [1.82, 2.24) is 20.4 Å². The molecule has 38 heavy (non-hydrogen) atoms.